The number of nitriles is 1. The van der Waals surface area contributed by atoms with Crippen molar-refractivity contribution in [3.05, 3.63) is 98.8 Å². The predicted molar refractivity (Wildman–Crippen MR) is 160 cm³/mol. The molecular formula is C30H29Cl2N5O5S. The van der Waals surface area contributed by atoms with Gasteiger partial charge in [-0.2, -0.15) is 5.26 Å². The Morgan fingerprint density at radius 1 is 1.12 bits per heavy atom. The number of pyridine rings is 1. The zero-order chi connectivity index (χ0) is 30.7. The summed E-state index contributed by atoms with van der Waals surface area (Å²) in [5.41, 5.74) is 4.73. The molecule has 0 saturated heterocycles. The van der Waals surface area contributed by atoms with Gasteiger partial charge in [0.1, 0.15) is 12.7 Å². The SMILES string of the molecule is CS(=O)(=O)N[C@H]1CCCC[C@@H]1N1C(=O)c2ccccc2[C@@H](C(=O)NOCc2ccc(C#N)cn2)[C@@H]1c1ccc(Cl)cc1Cl. The van der Waals surface area contributed by atoms with Gasteiger partial charge in [-0.25, -0.2) is 18.6 Å². The second kappa shape index (κ2) is 13.0. The number of amides is 2. The molecule has 224 valence electrons. The van der Waals surface area contributed by atoms with Crippen LogP contribution in [0, 0.1) is 11.3 Å². The van der Waals surface area contributed by atoms with Crippen molar-refractivity contribution < 1.29 is 22.8 Å². The van der Waals surface area contributed by atoms with Crippen LogP contribution in [0.1, 0.15) is 70.4 Å². The number of aromatic nitrogens is 1. The van der Waals surface area contributed by atoms with E-state index in [-0.39, 0.29) is 17.5 Å². The lowest BCUT2D eigenvalue weighted by molar-refractivity contribution is -0.138. The van der Waals surface area contributed by atoms with E-state index in [4.69, 9.17) is 33.3 Å². The van der Waals surface area contributed by atoms with Gasteiger partial charge in [0.15, 0.2) is 0 Å². The van der Waals surface area contributed by atoms with Gasteiger partial charge >= 0.3 is 0 Å². The zero-order valence-electron chi connectivity index (χ0n) is 23.2. The number of halogens is 2. The lowest BCUT2D eigenvalue weighted by atomic mass is 9.76. The predicted octanol–water partition coefficient (Wildman–Crippen LogP) is 4.65. The summed E-state index contributed by atoms with van der Waals surface area (Å²) in [6.07, 6.45) is 5.12. The van der Waals surface area contributed by atoms with Crippen LogP contribution in [-0.4, -0.2) is 48.5 Å². The smallest absolute Gasteiger partial charge is 0.255 e. The summed E-state index contributed by atoms with van der Waals surface area (Å²) in [7, 11) is -3.60. The summed E-state index contributed by atoms with van der Waals surface area (Å²) in [4.78, 5) is 39.7. The summed E-state index contributed by atoms with van der Waals surface area (Å²) in [5.74, 6) is -1.83. The average molecular weight is 643 g/mol. The molecule has 2 heterocycles. The molecule has 1 fully saturated rings. The molecule has 2 aromatic carbocycles. The molecule has 2 N–H and O–H groups in total. The Balaban J connectivity index is 1.57. The Labute approximate surface area is 260 Å². The van der Waals surface area contributed by atoms with E-state index in [0.29, 0.717) is 45.8 Å². The monoisotopic (exact) mass is 641 g/mol. The van der Waals surface area contributed by atoms with Gasteiger partial charge in [0.25, 0.3) is 11.8 Å². The van der Waals surface area contributed by atoms with Crippen molar-refractivity contribution >= 4 is 45.0 Å². The third-order valence-corrected chi connectivity index (χ3v) is 9.03. The minimum Gasteiger partial charge on any atom is -0.326 e. The van der Waals surface area contributed by atoms with Gasteiger partial charge in [-0.1, -0.05) is 60.3 Å². The summed E-state index contributed by atoms with van der Waals surface area (Å²) >= 11 is 13.0. The van der Waals surface area contributed by atoms with Crippen LogP contribution in [0.25, 0.3) is 0 Å². The third kappa shape index (κ3) is 6.84. The van der Waals surface area contributed by atoms with Gasteiger partial charge in [-0.15, -0.1) is 0 Å². The highest BCUT2D eigenvalue weighted by molar-refractivity contribution is 7.88. The average Bonchev–Trinajstić information content (AvgIpc) is 2.97. The fraction of sp³-hybridized carbons (Fsp3) is 0.333. The lowest BCUT2D eigenvalue weighted by Crippen LogP contribution is -2.59. The van der Waals surface area contributed by atoms with E-state index in [1.165, 1.54) is 6.20 Å². The van der Waals surface area contributed by atoms with Crippen LogP contribution in [-0.2, 0) is 26.3 Å². The van der Waals surface area contributed by atoms with E-state index in [0.717, 1.165) is 19.1 Å². The summed E-state index contributed by atoms with van der Waals surface area (Å²) in [5, 5.41) is 9.65. The molecule has 43 heavy (non-hydrogen) atoms. The third-order valence-electron chi connectivity index (χ3n) is 7.74. The van der Waals surface area contributed by atoms with Crippen molar-refractivity contribution in [1.29, 1.82) is 5.26 Å². The Morgan fingerprint density at radius 3 is 2.58 bits per heavy atom. The van der Waals surface area contributed by atoms with Gasteiger partial charge in [0.05, 0.1) is 29.5 Å². The first-order valence-electron chi connectivity index (χ1n) is 13.7. The first-order valence-corrected chi connectivity index (χ1v) is 16.3. The van der Waals surface area contributed by atoms with Crippen LogP contribution in [0.3, 0.4) is 0 Å². The molecule has 1 aromatic heterocycles. The van der Waals surface area contributed by atoms with Crippen LogP contribution < -0.4 is 10.2 Å². The first kappa shape index (κ1) is 30.9. The van der Waals surface area contributed by atoms with Gasteiger partial charge in [-0.05, 0) is 54.3 Å². The Morgan fingerprint density at radius 2 is 1.88 bits per heavy atom. The number of carbonyl (C=O) groups is 2. The highest BCUT2D eigenvalue weighted by atomic mass is 35.5. The van der Waals surface area contributed by atoms with Crippen LogP contribution in [0.5, 0.6) is 0 Å². The van der Waals surface area contributed by atoms with Crippen LogP contribution >= 0.6 is 23.2 Å². The van der Waals surface area contributed by atoms with E-state index >= 15 is 0 Å². The van der Waals surface area contributed by atoms with Gasteiger partial charge in [-0.3, -0.25) is 19.4 Å². The van der Waals surface area contributed by atoms with E-state index in [1.54, 1.807) is 59.5 Å². The number of rotatable bonds is 8. The molecule has 13 heteroatoms. The number of hydroxylamine groups is 1. The van der Waals surface area contributed by atoms with Crippen molar-refractivity contribution in [2.24, 2.45) is 0 Å². The van der Waals surface area contributed by atoms with Crippen molar-refractivity contribution in [3.8, 4) is 6.07 Å². The van der Waals surface area contributed by atoms with Gasteiger partial charge in [0.2, 0.25) is 10.0 Å². The largest absolute Gasteiger partial charge is 0.326 e. The van der Waals surface area contributed by atoms with Gasteiger partial charge in [0, 0.05) is 33.9 Å². The number of sulfonamides is 1. The molecule has 0 spiro atoms. The van der Waals surface area contributed by atoms with Crippen molar-refractivity contribution in [2.45, 2.75) is 56.3 Å². The molecule has 2 aliphatic rings. The molecule has 1 saturated carbocycles. The van der Waals surface area contributed by atoms with Crippen molar-refractivity contribution in [1.82, 2.24) is 20.1 Å². The van der Waals surface area contributed by atoms with Gasteiger partial charge < -0.3 is 4.90 Å². The van der Waals surface area contributed by atoms with E-state index in [9.17, 15) is 18.0 Å². The molecule has 5 rings (SSSR count). The molecule has 0 bridgehead atoms. The second-order valence-corrected chi connectivity index (χ2v) is 13.3. The molecule has 1 aliphatic heterocycles. The number of nitrogens with one attached hydrogen (secondary N) is 2. The number of carbonyl (C=O) groups excluding carboxylic acids is 2. The maximum absolute atomic E-state index is 14.3. The van der Waals surface area contributed by atoms with E-state index in [1.807, 2.05) is 6.07 Å². The molecule has 10 nitrogen and oxygen atoms in total. The Kier molecular flexibility index (Phi) is 9.34. The Bertz CT molecular complexity index is 1680. The molecule has 0 radical (unpaired) electrons. The minimum atomic E-state index is -3.60. The number of hydrogen-bond donors (Lipinski definition) is 2. The topological polar surface area (TPSA) is 141 Å². The molecule has 4 atom stereocenters. The molecular weight excluding hydrogens is 613 g/mol. The highest BCUT2D eigenvalue weighted by Gasteiger charge is 2.49. The maximum Gasteiger partial charge on any atom is 0.255 e. The minimum absolute atomic E-state index is 0.0657. The molecule has 3 aromatic rings. The van der Waals surface area contributed by atoms with Crippen molar-refractivity contribution in [2.75, 3.05) is 6.26 Å². The fourth-order valence-electron chi connectivity index (χ4n) is 5.95. The number of hydrogen-bond acceptors (Lipinski definition) is 7. The quantitative estimate of drug-likeness (QED) is 0.341. The zero-order valence-corrected chi connectivity index (χ0v) is 25.5. The number of benzene rings is 2. The molecule has 2 amide bonds. The number of fused-ring (bicyclic) bond motifs is 1. The fourth-order valence-corrected chi connectivity index (χ4v) is 7.29. The summed E-state index contributed by atoms with van der Waals surface area (Å²) in [6.45, 7) is -0.0657. The first-order chi connectivity index (χ1) is 20.6. The van der Waals surface area contributed by atoms with Crippen molar-refractivity contribution in [3.63, 3.8) is 0 Å². The standard InChI is InChI=1S/C30H29Cl2N5O5S/c1-43(40,41)36-25-8-4-5-9-26(25)37-28(23-13-11-19(31)14-24(23)32)27(21-6-2-3-7-22(21)30(37)39)29(38)35-42-17-20-12-10-18(15-33)16-34-20/h2-3,6-7,10-14,16,25-28,36H,4-5,8-9,17H2,1H3,(H,35,38)/t25-,26-,27+,28-/m0/s1. The maximum atomic E-state index is 14.3. The Hall–Kier alpha value is -3.53. The summed E-state index contributed by atoms with van der Waals surface area (Å²) < 4.78 is 27.4. The van der Waals surface area contributed by atoms with E-state index < -0.39 is 40.0 Å². The number of nitrogens with zero attached hydrogens (tertiary/aromatic N) is 3. The summed E-state index contributed by atoms with van der Waals surface area (Å²) in [6, 6.07) is 14.9. The molecule has 1 aliphatic carbocycles. The molecule has 0 unspecified atom stereocenters. The van der Waals surface area contributed by atoms with Crippen LogP contribution in [0.4, 0.5) is 0 Å². The van der Waals surface area contributed by atoms with Crippen LogP contribution in [0.15, 0.2) is 60.8 Å². The highest BCUT2D eigenvalue weighted by Crippen LogP contribution is 2.47. The van der Waals surface area contributed by atoms with Crippen LogP contribution in [0.2, 0.25) is 10.0 Å². The normalized spacial score (nSPS) is 22.0. The second-order valence-electron chi connectivity index (χ2n) is 10.6. The van der Waals surface area contributed by atoms with E-state index in [2.05, 4.69) is 15.2 Å². The lowest BCUT2D eigenvalue weighted by Gasteiger charge is -2.49.